The number of quaternary nitrogens is 1. The van der Waals surface area contributed by atoms with E-state index in [1.807, 2.05) is 6.07 Å². The number of fused-ring (bicyclic) bond motifs is 5. The first-order chi connectivity index (χ1) is 18.0. The number of pyridine rings is 1. The molecule has 11 nitrogen and oxygen atoms in total. The van der Waals surface area contributed by atoms with E-state index in [1.54, 1.807) is 19.1 Å². The summed E-state index contributed by atoms with van der Waals surface area (Å²) in [6.45, 7) is 2.85. The van der Waals surface area contributed by atoms with Gasteiger partial charge in [0.25, 0.3) is 0 Å². The summed E-state index contributed by atoms with van der Waals surface area (Å²) in [5.74, 6) is 0.535. The third kappa shape index (κ3) is 3.98. The zero-order valence-corrected chi connectivity index (χ0v) is 22.0. The number of carbonyl (C=O) groups is 1. The number of benzene rings is 1. The van der Waals surface area contributed by atoms with Crippen LogP contribution >= 0.6 is 0 Å². The van der Waals surface area contributed by atoms with Gasteiger partial charge < -0.3 is 34.5 Å². The van der Waals surface area contributed by atoms with Gasteiger partial charge in [0.05, 0.1) is 11.3 Å². The maximum absolute atomic E-state index is 14.2. The van der Waals surface area contributed by atoms with E-state index in [0.717, 1.165) is 16.5 Å². The van der Waals surface area contributed by atoms with E-state index < -0.39 is 26.1 Å². The molecule has 0 saturated carbocycles. The lowest BCUT2D eigenvalue weighted by atomic mass is 9.83. The first-order valence-electron chi connectivity index (χ1n) is 12.6. The maximum Gasteiger partial charge on any atom is 0.343 e. The first kappa shape index (κ1) is 25.3. The van der Waals surface area contributed by atoms with Gasteiger partial charge in [-0.3, -0.25) is 0 Å². The van der Waals surface area contributed by atoms with Crippen molar-refractivity contribution in [1.82, 2.24) is 10.3 Å². The molecular formula is C26H29N3O8S. The molecule has 4 aliphatic heterocycles. The van der Waals surface area contributed by atoms with Crippen molar-refractivity contribution in [3.63, 3.8) is 0 Å². The van der Waals surface area contributed by atoms with Gasteiger partial charge in [-0.05, 0) is 31.0 Å². The summed E-state index contributed by atoms with van der Waals surface area (Å²) >= 11 is 0. The molecule has 0 saturated heterocycles. The molecule has 0 bridgehead atoms. The van der Waals surface area contributed by atoms with Crippen molar-refractivity contribution in [3.8, 4) is 11.5 Å². The number of aromatic nitrogens is 1. The van der Waals surface area contributed by atoms with Crippen molar-refractivity contribution in [2.24, 2.45) is 0 Å². The molecule has 2 aromatic rings. The van der Waals surface area contributed by atoms with Crippen LogP contribution in [0.2, 0.25) is 0 Å². The van der Waals surface area contributed by atoms with Crippen molar-refractivity contribution in [1.29, 1.82) is 0 Å². The Morgan fingerprint density at radius 2 is 1.97 bits per heavy atom. The molecule has 0 radical (unpaired) electrons. The highest BCUT2D eigenvalue weighted by Crippen LogP contribution is 2.49. The number of carbonyl (C=O) groups excluding carboxylic acids is 1. The normalized spacial score (nSPS) is 25.7. The zero-order valence-electron chi connectivity index (χ0n) is 21.2. The highest BCUT2D eigenvalue weighted by atomic mass is 32.2. The van der Waals surface area contributed by atoms with E-state index >= 15 is 0 Å². The van der Waals surface area contributed by atoms with Crippen LogP contribution in [0.5, 0.6) is 11.5 Å². The standard InChI is InChI=1S/C26H29N3O8S/c1-3-26(31)19-8-21-24-18(12-29(21,32)11-15(19)13-35-25(26)30)17(10-27-5-4-6-38(2,33)34)16-7-22-23(37-14-36-22)9-20(16)28-24/h7-9,27,31H,3-6,10-14H2,1-2H3/t26-,29?/m0/s1. The lowest BCUT2D eigenvalue weighted by molar-refractivity contribution is -0.813. The van der Waals surface area contributed by atoms with Gasteiger partial charge in [-0.25, -0.2) is 18.2 Å². The van der Waals surface area contributed by atoms with Crippen LogP contribution in [0.1, 0.15) is 36.6 Å². The molecule has 0 fully saturated rings. The van der Waals surface area contributed by atoms with Crippen molar-refractivity contribution in [2.45, 2.75) is 38.5 Å². The first-order valence-corrected chi connectivity index (χ1v) is 14.6. The van der Waals surface area contributed by atoms with E-state index in [9.17, 15) is 23.5 Å². The zero-order chi connectivity index (χ0) is 26.9. The van der Waals surface area contributed by atoms with Crippen LogP contribution in [-0.4, -0.2) is 73.2 Å². The van der Waals surface area contributed by atoms with Gasteiger partial charge in [0, 0.05) is 47.0 Å². The minimum Gasteiger partial charge on any atom is -0.627 e. The number of rotatable bonds is 7. The summed E-state index contributed by atoms with van der Waals surface area (Å²) in [5.41, 5.74) is 2.46. The molecule has 38 heavy (non-hydrogen) atoms. The number of nitrogens with zero attached hydrogens (tertiary/aromatic N) is 2. The lowest BCUT2D eigenvalue weighted by Crippen LogP contribution is -2.50. The summed E-state index contributed by atoms with van der Waals surface area (Å²) in [4.78, 5) is 17.4. The van der Waals surface area contributed by atoms with Gasteiger partial charge in [0.1, 0.15) is 35.2 Å². The quantitative estimate of drug-likeness (QED) is 0.229. The molecule has 6 rings (SSSR count). The minimum absolute atomic E-state index is 0.0234. The van der Waals surface area contributed by atoms with Crippen LogP contribution in [0.3, 0.4) is 0 Å². The molecule has 1 unspecified atom stereocenters. The molecule has 0 aliphatic carbocycles. The lowest BCUT2D eigenvalue weighted by Gasteiger charge is -2.45. The smallest absolute Gasteiger partial charge is 0.343 e. The van der Waals surface area contributed by atoms with Crippen LogP contribution in [0.15, 0.2) is 29.4 Å². The summed E-state index contributed by atoms with van der Waals surface area (Å²) in [5, 5.41) is 29.5. The third-order valence-electron chi connectivity index (χ3n) is 7.74. The Hall–Kier alpha value is -3.03. The van der Waals surface area contributed by atoms with Crippen LogP contribution in [0.25, 0.3) is 16.6 Å². The van der Waals surface area contributed by atoms with E-state index in [0.29, 0.717) is 59.1 Å². The highest BCUT2D eigenvalue weighted by molar-refractivity contribution is 7.90. The van der Waals surface area contributed by atoms with E-state index in [1.165, 1.54) is 6.26 Å². The Kier molecular flexibility index (Phi) is 5.81. The summed E-state index contributed by atoms with van der Waals surface area (Å²) in [6.07, 6.45) is 3.43. The van der Waals surface area contributed by atoms with Crippen LogP contribution < -0.4 is 14.8 Å². The Bertz CT molecular complexity index is 1550. The molecule has 12 heteroatoms. The second-order valence-electron chi connectivity index (χ2n) is 10.3. The molecule has 2 atom stereocenters. The molecule has 0 amide bonds. The van der Waals surface area contributed by atoms with Gasteiger partial charge in [0.15, 0.2) is 22.8 Å². The number of esters is 1. The average Bonchev–Trinajstić information content (AvgIpc) is 3.43. The highest BCUT2D eigenvalue weighted by Gasteiger charge is 2.50. The average molecular weight is 544 g/mol. The molecule has 202 valence electrons. The summed E-state index contributed by atoms with van der Waals surface area (Å²) in [7, 11) is -3.06. The van der Waals surface area contributed by atoms with Gasteiger partial charge in [0.2, 0.25) is 6.79 Å². The van der Waals surface area contributed by atoms with Crippen molar-refractivity contribution in [2.75, 3.05) is 38.5 Å². The molecule has 1 aromatic carbocycles. The number of hydrogen-bond acceptors (Lipinski definition) is 10. The third-order valence-corrected chi connectivity index (χ3v) is 8.77. The molecule has 1 aromatic heterocycles. The van der Waals surface area contributed by atoms with Crippen molar-refractivity contribution < 1.29 is 37.2 Å². The van der Waals surface area contributed by atoms with Crippen molar-refractivity contribution in [3.05, 3.63) is 51.4 Å². The monoisotopic (exact) mass is 543 g/mol. The number of nitrogens with one attached hydrogen (secondary N) is 1. The summed E-state index contributed by atoms with van der Waals surface area (Å²) in [6, 6.07) is 3.66. The van der Waals surface area contributed by atoms with Crippen molar-refractivity contribution >= 4 is 32.4 Å². The molecular weight excluding hydrogens is 514 g/mol. The Balaban J connectivity index is 1.45. The van der Waals surface area contributed by atoms with Gasteiger partial charge >= 0.3 is 5.97 Å². The fourth-order valence-electron chi connectivity index (χ4n) is 5.76. The Labute approximate surface area is 219 Å². The predicted molar refractivity (Wildman–Crippen MR) is 137 cm³/mol. The van der Waals surface area contributed by atoms with Crippen LogP contribution in [-0.2, 0) is 32.5 Å². The van der Waals surface area contributed by atoms with Crippen LogP contribution in [0, 0.1) is 5.21 Å². The maximum atomic E-state index is 14.2. The second-order valence-corrected chi connectivity index (χ2v) is 12.6. The van der Waals surface area contributed by atoms with E-state index in [4.69, 9.17) is 19.2 Å². The van der Waals surface area contributed by atoms with Gasteiger partial charge in [-0.15, -0.1) is 0 Å². The number of cyclic esters (lactones) is 1. The predicted octanol–water partition coefficient (Wildman–Crippen LogP) is 1.66. The summed E-state index contributed by atoms with van der Waals surface area (Å²) < 4.78 is 38.7. The van der Waals surface area contributed by atoms with Gasteiger partial charge in [-0.2, -0.15) is 0 Å². The number of aliphatic hydroxyl groups is 1. The van der Waals surface area contributed by atoms with Crippen LogP contribution in [0.4, 0.5) is 0 Å². The van der Waals surface area contributed by atoms with E-state index in [-0.39, 0.29) is 38.7 Å². The molecule has 4 aliphatic rings. The number of hydrogen-bond donors (Lipinski definition) is 2. The fraction of sp³-hybridized carbons (Fsp3) is 0.462. The SMILES string of the molecule is CC[C@@]1(O)C(=O)OCC2=C1C=C1c3nc4cc5c(cc4c(CNCCCS(C)(=O)=O)c3C[N+]1([O-])C2)OCO5. The fourth-order valence-corrected chi connectivity index (χ4v) is 6.43. The van der Waals surface area contributed by atoms with E-state index in [2.05, 4.69) is 5.32 Å². The topological polar surface area (TPSA) is 147 Å². The number of sulfone groups is 1. The number of hydroxylamine groups is 3. The largest absolute Gasteiger partial charge is 0.627 e. The Morgan fingerprint density at radius 3 is 2.71 bits per heavy atom. The number of ether oxygens (including phenoxy) is 3. The van der Waals surface area contributed by atoms with Gasteiger partial charge in [-0.1, -0.05) is 6.92 Å². The minimum atomic E-state index is -3.06. The molecule has 0 spiro atoms. The molecule has 2 N–H and O–H groups in total. The second kappa shape index (κ2) is 8.75. The molecule has 5 heterocycles. The Morgan fingerprint density at radius 1 is 1.21 bits per heavy atom.